The number of carbonyl (C=O) groups is 1. The van der Waals surface area contributed by atoms with Gasteiger partial charge in [0.15, 0.2) is 0 Å². The fraction of sp³-hybridized carbons (Fsp3) is 0.533. The smallest absolute Gasteiger partial charge is 0.406 e. The van der Waals surface area contributed by atoms with Crippen molar-refractivity contribution in [1.29, 1.82) is 0 Å². The van der Waals surface area contributed by atoms with E-state index < -0.39 is 6.36 Å². The van der Waals surface area contributed by atoms with E-state index in [2.05, 4.69) is 10.1 Å². The number of halogens is 3. The summed E-state index contributed by atoms with van der Waals surface area (Å²) in [5.41, 5.74) is 0.631. The summed E-state index contributed by atoms with van der Waals surface area (Å²) in [5.74, 6) is -0.216. The van der Waals surface area contributed by atoms with Gasteiger partial charge in [0.25, 0.3) is 0 Å². The molecular weight excluding hydrogens is 297 g/mol. The largest absolute Gasteiger partial charge is 0.573 e. The molecule has 1 heterocycles. The average Bonchev–Trinajstić information content (AvgIpc) is 2.76. The molecule has 4 nitrogen and oxygen atoms in total. The van der Waals surface area contributed by atoms with Gasteiger partial charge in [-0.25, -0.2) is 0 Å². The maximum absolute atomic E-state index is 12.2. The van der Waals surface area contributed by atoms with Crippen LogP contribution in [0.1, 0.15) is 24.8 Å². The van der Waals surface area contributed by atoms with E-state index in [-0.39, 0.29) is 17.7 Å². The third kappa shape index (κ3) is 4.62. The van der Waals surface area contributed by atoms with Crippen LogP contribution in [0.4, 0.5) is 13.2 Å². The lowest BCUT2D eigenvalue weighted by Gasteiger charge is -2.25. The molecule has 2 rings (SSSR count). The number of ether oxygens (including phenoxy) is 1. The van der Waals surface area contributed by atoms with Gasteiger partial charge in [-0.2, -0.15) is 0 Å². The zero-order valence-electron chi connectivity index (χ0n) is 12.3. The van der Waals surface area contributed by atoms with Crippen molar-refractivity contribution in [2.75, 3.05) is 13.6 Å². The van der Waals surface area contributed by atoms with E-state index in [1.54, 1.807) is 11.0 Å². The van der Waals surface area contributed by atoms with E-state index in [0.717, 1.165) is 19.4 Å². The molecule has 1 fully saturated rings. The standard InChI is InChI=1S/C15H19F3N2O2/c1-19-8-7-12-5-6-14(21)20(12)10-11-3-2-4-13(9-11)22-15(16,17)18/h2-4,9,12,19H,5-8,10H2,1H3/t12-/m0/s1. The summed E-state index contributed by atoms with van der Waals surface area (Å²) in [6.45, 7) is 1.11. The quantitative estimate of drug-likeness (QED) is 0.877. The minimum absolute atomic E-state index is 0.0447. The number of alkyl halides is 3. The lowest BCUT2D eigenvalue weighted by atomic mass is 10.1. The highest BCUT2D eigenvalue weighted by Crippen LogP contribution is 2.27. The first kappa shape index (κ1) is 16.6. The van der Waals surface area contributed by atoms with Gasteiger partial charge in [0.1, 0.15) is 5.75 Å². The van der Waals surface area contributed by atoms with Crippen LogP contribution in [0.2, 0.25) is 0 Å². The Hall–Kier alpha value is -1.76. The highest BCUT2D eigenvalue weighted by atomic mass is 19.4. The van der Waals surface area contributed by atoms with Crippen molar-refractivity contribution in [2.45, 2.75) is 38.2 Å². The Labute approximate surface area is 127 Å². The molecule has 0 radical (unpaired) electrons. The van der Waals surface area contributed by atoms with E-state index in [1.807, 2.05) is 7.05 Å². The molecule has 0 unspecified atom stereocenters. The highest BCUT2D eigenvalue weighted by molar-refractivity contribution is 5.78. The zero-order chi connectivity index (χ0) is 16.2. The van der Waals surface area contributed by atoms with Crippen LogP contribution < -0.4 is 10.1 Å². The molecule has 1 aliphatic heterocycles. The van der Waals surface area contributed by atoms with Crippen LogP contribution in [0.5, 0.6) is 5.75 Å². The molecule has 0 aliphatic carbocycles. The maximum Gasteiger partial charge on any atom is 0.573 e. The molecular formula is C15H19F3N2O2. The first-order valence-corrected chi connectivity index (χ1v) is 7.18. The van der Waals surface area contributed by atoms with Gasteiger partial charge in [-0.05, 0) is 44.1 Å². The Morgan fingerprint density at radius 1 is 1.41 bits per heavy atom. The number of likely N-dealkylation sites (tertiary alicyclic amines) is 1. The molecule has 122 valence electrons. The minimum Gasteiger partial charge on any atom is -0.406 e. The lowest BCUT2D eigenvalue weighted by Crippen LogP contribution is -2.34. The number of carbonyl (C=O) groups excluding carboxylic acids is 1. The fourth-order valence-corrected chi connectivity index (χ4v) is 2.66. The van der Waals surface area contributed by atoms with Crippen molar-refractivity contribution in [3.05, 3.63) is 29.8 Å². The summed E-state index contributed by atoms with van der Waals surface area (Å²) in [4.78, 5) is 13.7. The molecule has 22 heavy (non-hydrogen) atoms. The van der Waals surface area contributed by atoms with Crippen molar-refractivity contribution in [3.63, 3.8) is 0 Å². The predicted octanol–water partition coefficient (Wildman–Crippen LogP) is 2.69. The predicted molar refractivity (Wildman–Crippen MR) is 75.2 cm³/mol. The molecule has 7 heteroatoms. The van der Waals surface area contributed by atoms with Gasteiger partial charge in [-0.3, -0.25) is 4.79 Å². The van der Waals surface area contributed by atoms with Gasteiger partial charge >= 0.3 is 6.36 Å². The third-order valence-electron chi connectivity index (χ3n) is 3.67. The summed E-state index contributed by atoms with van der Waals surface area (Å²) in [5, 5.41) is 3.05. The number of nitrogens with zero attached hydrogens (tertiary/aromatic N) is 1. The maximum atomic E-state index is 12.2. The highest BCUT2D eigenvalue weighted by Gasteiger charge is 2.32. The monoisotopic (exact) mass is 316 g/mol. The Morgan fingerprint density at radius 2 is 2.18 bits per heavy atom. The van der Waals surface area contributed by atoms with Gasteiger partial charge in [0, 0.05) is 19.0 Å². The number of nitrogens with one attached hydrogen (secondary N) is 1. The van der Waals surface area contributed by atoms with Gasteiger partial charge in [-0.1, -0.05) is 12.1 Å². The second-order valence-corrected chi connectivity index (χ2v) is 5.30. The average molecular weight is 316 g/mol. The first-order chi connectivity index (χ1) is 10.4. The molecule has 0 aromatic heterocycles. The summed E-state index contributed by atoms with van der Waals surface area (Å²) < 4.78 is 40.7. The zero-order valence-corrected chi connectivity index (χ0v) is 12.3. The molecule has 1 saturated heterocycles. The normalized spacial score (nSPS) is 18.8. The van der Waals surface area contributed by atoms with Crippen LogP contribution in [0, 0.1) is 0 Å². The number of amides is 1. The van der Waals surface area contributed by atoms with Crippen molar-refractivity contribution in [3.8, 4) is 5.75 Å². The summed E-state index contributed by atoms with van der Waals surface area (Å²) in [7, 11) is 1.85. The molecule has 0 saturated carbocycles. The van der Waals surface area contributed by atoms with Crippen molar-refractivity contribution in [1.82, 2.24) is 10.2 Å². The van der Waals surface area contributed by atoms with Crippen LogP contribution in [0.25, 0.3) is 0 Å². The lowest BCUT2D eigenvalue weighted by molar-refractivity contribution is -0.274. The van der Waals surface area contributed by atoms with E-state index in [9.17, 15) is 18.0 Å². The third-order valence-corrected chi connectivity index (χ3v) is 3.67. The Balaban J connectivity index is 2.05. The number of hydrogen-bond donors (Lipinski definition) is 1. The fourth-order valence-electron chi connectivity index (χ4n) is 2.66. The molecule has 1 atom stereocenters. The van der Waals surface area contributed by atoms with Crippen molar-refractivity contribution < 1.29 is 22.7 Å². The second kappa shape index (κ2) is 7.00. The van der Waals surface area contributed by atoms with E-state index >= 15 is 0 Å². The van der Waals surface area contributed by atoms with Gasteiger partial charge in [0.05, 0.1) is 0 Å². The number of benzene rings is 1. The molecule has 0 spiro atoms. The van der Waals surface area contributed by atoms with Crippen LogP contribution in [-0.4, -0.2) is 36.8 Å². The molecule has 1 amide bonds. The number of hydrogen-bond acceptors (Lipinski definition) is 3. The molecule has 1 aromatic carbocycles. The van der Waals surface area contributed by atoms with Crippen LogP contribution in [0.3, 0.4) is 0 Å². The molecule has 1 N–H and O–H groups in total. The van der Waals surface area contributed by atoms with Crippen LogP contribution >= 0.6 is 0 Å². The van der Waals surface area contributed by atoms with Gasteiger partial charge < -0.3 is 15.0 Å². The Morgan fingerprint density at radius 3 is 2.86 bits per heavy atom. The van der Waals surface area contributed by atoms with Crippen molar-refractivity contribution >= 4 is 5.91 Å². The van der Waals surface area contributed by atoms with E-state index in [0.29, 0.717) is 18.5 Å². The Kier molecular flexibility index (Phi) is 5.28. The summed E-state index contributed by atoms with van der Waals surface area (Å²) >= 11 is 0. The van der Waals surface area contributed by atoms with Crippen LogP contribution in [0.15, 0.2) is 24.3 Å². The topological polar surface area (TPSA) is 41.6 Å². The Bertz CT molecular complexity index is 520. The van der Waals surface area contributed by atoms with Gasteiger partial charge in [-0.15, -0.1) is 13.2 Å². The molecule has 0 bridgehead atoms. The SMILES string of the molecule is CNCC[C@@H]1CCC(=O)N1Cc1cccc(OC(F)(F)F)c1. The number of rotatable bonds is 6. The van der Waals surface area contributed by atoms with Gasteiger partial charge in [0.2, 0.25) is 5.91 Å². The minimum atomic E-state index is -4.71. The first-order valence-electron chi connectivity index (χ1n) is 7.18. The molecule has 1 aliphatic rings. The van der Waals surface area contributed by atoms with Crippen molar-refractivity contribution in [2.24, 2.45) is 0 Å². The van der Waals surface area contributed by atoms with E-state index in [1.165, 1.54) is 18.2 Å². The second-order valence-electron chi connectivity index (χ2n) is 5.30. The van der Waals surface area contributed by atoms with Crippen LogP contribution in [-0.2, 0) is 11.3 Å². The van der Waals surface area contributed by atoms with E-state index in [4.69, 9.17) is 0 Å². The summed E-state index contributed by atoms with van der Waals surface area (Å²) in [6, 6.07) is 5.91. The summed E-state index contributed by atoms with van der Waals surface area (Å²) in [6.07, 6.45) is -2.59. The molecule has 1 aromatic rings.